The van der Waals surface area contributed by atoms with E-state index in [2.05, 4.69) is 20.7 Å². The van der Waals surface area contributed by atoms with E-state index in [-0.39, 0.29) is 5.91 Å². The van der Waals surface area contributed by atoms with Gasteiger partial charge in [0, 0.05) is 12.7 Å². The van der Waals surface area contributed by atoms with Gasteiger partial charge in [0.15, 0.2) is 10.8 Å². The number of carbonyl (C=O) groups is 1. The molecule has 1 saturated heterocycles. The monoisotopic (exact) mass is 341 g/mol. The first-order chi connectivity index (χ1) is 11.7. The highest BCUT2D eigenvalue weighted by molar-refractivity contribution is 7.22. The average Bonchev–Trinajstić information content (AvgIpc) is 3.23. The highest BCUT2D eigenvalue weighted by Crippen LogP contribution is 2.28. The predicted molar refractivity (Wildman–Crippen MR) is 95.7 cm³/mol. The molecule has 0 spiro atoms. The van der Waals surface area contributed by atoms with E-state index in [1.54, 1.807) is 6.07 Å². The average molecular weight is 341 g/mol. The molecule has 2 aromatic heterocycles. The molecule has 3 aromatic rings. The van der Waals surface area contributed by atoms with Gasteiger partial charge in [-0.25, -0.2) is 4.98 Å². The van der Waals surface area contributed by atoms with Crippen molar-refractivity contribution >= 4 is 32.6 Å². The Hall–Kier alpha value is -2.25. The lowest BCUT2D eigenvalue weighted by Gasteiger charge is -2.22. The SMILES string of the molecule is Cc1cccc2sc(NC(=O)c3ccn(C4CCCNC4)n3)nc12. The van der Waals surface area contributed by atoms with Gasteiger partial charge in [0.25, 0.3) is 5.91 Å². The van der Waals surface area contributed by atoms with Crippen molar-refractivity contribution in [2.75, 3.05) is 18.4 Å². The topological polar surface area (TPSA) is 71.8 Å². The van der Waals surface area contributed by atoms with Gasteiger partial charge in [-0.1, -0.05) is 23.5 Å². The van der Waals surface area contributed by atoms with Crippen molar-refractivity contribution in [1.82, 2.24) is 20.1 Å². The number of thiazole rings is 1. The normalized spacial score (nSPS) is 18.0. The van der Waals surface area contributed by atoms with Crippen molar-refractivity contribution < 1.29 is 4.79 Å². The number of para-hydroxylation sites is 1. The smallest absolute Gasteiger partial charge is 0.277 e. The van der Waals surface area contributed by atoms with Gasteiger partial charge in [0.2, 0.25) is 0 Å². The van der Waals surface area contributed by atoms with Crippen LogP contribution in [-0.2, 0) is 0 Å². The number of amides is 1. The van der Waals surface area contributed by atoms with Gasteiger partial charge in [-0.15, -0.1) is 0 Å². The number of carbonyl (C=O) groups excluding carboxylic acids is 1. The number of benzene rings is 1. The lowest BCUT2D eigenvalue weighted by Crippen LogP contribution is -2.32. The summed E-state index contributed by atoms with van der Waals surface area (Å²) < 4.78 is 2.97. The van der Waals surface area contributed by atoms with E-state index in [1.165, 1.54) is 11.3 Å². The first-order valence-electron chi connectivity index (χ1n) is 8.14. The van der Waals surface area contributed by atoms with Gasteiger partial charge in [-0.05, 0) is 44.0 Å². The van der Waals surface area contributed by atoms with Crippen LogP contribution in [-0.4, -0.2) is 33.8 Å². The van der Waals surface area contributed by atoms with Crippen molar-refractivity contribution in [1.29, 1.82) is 0 Å². The first kappa shape index (κ1) is 15.3. The van der Waals surface area contributed by atoms with E-state index < -0.39 is 0 Å². The molecule has 124 valence electrons. The predicted octanol–water partition coefficient (Wildman–Crippen LogP) is 2.98. The largest absolute Gasteiger partial charge is 0.315 e. The highest BCUT2D eigenvalue weighted by Gasteiger charge is 2.18. The molecule has 1 unspecified atom stereocenters. The molecule has 6 nitrogen and oxygen atoms in total. The number of aromatic nitrogens is 3. The molecule has 1 aromatic carbocycles. The zero-order valence-corrected chi connectivity index (χ0v) is 14.3. The van der Waals surface area contributed by atoms with E-state index in [0.29, 0.717) is 16.9 Å². The fraction of sp³-hybridized carbons (Fsp3) is 0.353. The Morgan fingerprint density at radius 2 is 2.33 bits per heavy atom. The second kappa shape index (κ2) is 6.33. The zero-order chi connectivity index (χ0) is 16.5. The Morgan fingerprint density at radius 1 is 1.42 bits per heavy atom. The summed E-state index contributed by atoms with van der Waals surface area (Å²) in [5, 5.41) is 11.3. The van der Waals surface area contributed by atoms with Crippen molar-refractivity contribution in [2.45, 2.75) is 25.8 Å². The van der Waals surface area contributed by atoms with E-state index in [1.807, 2.05) is 36.0 Å². The molecule has 0 bridgehead atoms. The number of fused-ring (bicyclic) bond motifs is 1. The molecule has 2 N–H and O–H groups in total. The summed E-state index contributed by atoms with van der Waals surface area (Å²) in [4.78, 5) is 17.0. The Kier molecular flexibility index (Phi) is 4.03. The highest BCUT2D eigenvalue weighted by atomic mass is 32.1. The summed E-state index contributed by atoms with van der Waals surface area (Å²) in [6, 6.07) is 8.13. The summed E-state index contributed by atoms with van der Waals surface area (Å²) in [5.41, 5.74) is 2.48. The first-order valence-corrected chi connectivity index (χ1v) is 8.96. The summed E-state index contributed by atoms with van der Waals surface area (Å²) in [5.74, 6) is -0.214. The Morgan fingerprint density at radius 3 is 3.12 bits per heavy atom. The number of hydrogen-bond donors (Lipinski definition) is 2. The second-order valence-corrected chi connectivity index (χ2v) is 7.11. The number of aryl methyl sites for hydroxylation is 1. The third kappa shape index (κ3) is 2.92. The van der Waals surface area contributed by atoms with Crippen LogP contribution in [0.15, 0.2) is 30.5 Å². The molecule has 1 amide bonds. The van der Waals surface area contributed by atoms with Crippen LogP contribution in [0, 0.1) is 6.92 Å². The minimum absolute atomic E-state index is 0.214. The Bertz CT molecular complexity index is 878. The summed E-state index contributed by atoms with van der Waals surface area (Å²) in [6.45, 7) is 3.98. The Labute approximate surface area is 143 Å². The molecule has 0 saturated carbocycles. The van der Waals surface area contributed by atoms with E-state index >= 15 is 0 Å². The van der Waals surface area contributed by atoms with Crippen LogP contribution >= 0.6 is 11.3 Å². The van der Waals surface area contributed by atoms with E-state index in [4.69, 9.17) is 0 Å². The number of nitrogens with zero attached hydrogens (tertiary/aromatic N) is 3. The van der Waals surface area contributed by atoms with Crippen molar-refractivity contribution in [3.05, 3.63) is 41.7 Å². The van der Waals surface area contributed by atoms with Crippen LogP contribution in [0.4, 0.5) is 5.13 Å². The number of anilines is 1. The van der Waals surface area contributed by atoms with E-state index in [9.17, 15) is 4.79 Å². The van der Waals surface area contributed by atoms with Crippen LogP contribution in [0.1, 0.15) is 34.9 Å². The molecule has 1 fully saturated rings. The van der Waals surface area contributed by atoms with Gasteiger partial charge in [0.1, 0.15) is 0 Å². The van der Waals surface area contributed by atoms with Gasteiger partial charge in [-0.3, -0.25) is 14.8 Å². The lowest BCUT2D eigenvalue weighted by atomic mass is 10.1. The molecule has 0 radical (unpaired) electrons. The molecule has 7 heteroatoms. The van der Waals surface area contributed by atoms with Crippen LogP contribution in [0.3, 0.4) is 0 Å². The summed E-state index contributed by atoms with van der Waals surface area (Å²) >= 11 is 1.48. The standard InChI is InChI=1S/C17H19N5OS/c1-11-4-2-6-14-15(11)19-17(24-14)20-16(23)13-7-9-22(21-13)12-5-3-8-18-10-12/h2,4,6-7,9,12,18H,3,5,8,10H2,1H3,(H,19,20,23). The molecule has 3 heterocycles. The van der Waals surface area contributed by atoms with Gasteiger partial charge >= 0.3 is 0 Å². The molecule has 1 atom stereocenters. The summed E-state index contributed by atoms with van der Waals surface area (Å²) in [7, 11) is 0. The fourth-order valence-electron chi connectivity index (χ4n) is 3.02. The van der Waals surface area contributed by atoms with Crippen molar-refractivity contribution in [3.8, 4) is 0 Å². The number of rotatable bonds is 3. The maximum atomic E-state index is 12.4. The maximum absolute atomic E-state index is 12.4. The van der Waals surface area contributed by atoms with Crippen LogP contribution in [0.2, 0.25) is 0 Å². The molecule has 0 aliphatic carbocycles. The van der Waals surface area contributed by atoms with Gasteiger partial charge in [-0.2, -0.15) is 5.10 Å². The number of piperidine rings is 1. The van der Waals surface area contributed by atoms with Crippen molar-refractivity contribution in [3.63, 3.8) is 0 Å². The third-order valence-corrected chi connectivity index (χ3v) is 5.26. The van der Waals surface area contributed by atoms with Gasteiger partial charge < -0.3 is 5.32 Å². The number of nitrogens with one attached hydrogen (secondary N) is 2. The maximum Gasteiger partial charge on any atom is 0.277 e. The molecule has 4 rings (SSSR count). The minimum atomic E-state index is -0.214. The Balaban J connectivity index is 1.51. The third-order valence-electron chi connectivity index (χ3n) is 4.33. The van der Waals surface area contributed by atoms with Gasteiger partial charge in [0.05, 0.1) is 16.3 Å². The number of hydrogen-bond acceptors (Lipinski definition) is 5. The molecular weight excluding hydrogens is 322 g/mol. The van der Waals surface area contributed by atoms with Crippen LogP contribution < -0.4 is 10.6 Å². The van der Waals surface area contributed by atoms with Crippen LogP contribution in [0.5, 0.6) is 0 Å². The van der Waals surface area contributed by atoms with Crippen LogP contribution in [0.25, 0.3) is 10.2 Å². The summed E-state index contributed by atoms with van der Waals surface area (Å²) in [6.07, 6.45) is 4.11. The fourth-order valence-corrected chi connectivity index (χ4v) is 3.96. The van der Waals surface area contributed by atoms with Crippen molar-refractivity contribution in [2.24, 2.45) is 0 Å². The molecule has 24 heavy (non-hydrogen) atoms. The quantitative estimate of drug-likeness (QED) is 0.768. The molecule has 1 aliphatic rings. The lowest BCUT2D eigenvalue weighted by molar-refractivity contribution is 0.102. The molecule has 1 aliphatic heterocycles. The minimum Gasteiger partial charge on any atom is -0.315 e. The molecular formula is C17H19N5OS. The zero-order valence-electron chi connectivity index (χ0n) is 13.5. The second-order valence-electron chi connectivity index (χ2n) is 6.08. The van der Waals surface area contributed by atoms with E-state index in [0.717, 1.165) is 41.7 Å².